The molecule has 0 fully saturated rings. The van der Waals surface area contributed by atoms with Gasteiger partial charge >= 0.3 is 0 Å². The van der Waals surface area contributed by atoms with Gasteiger partial charge < -0.3 is 0 Å². The van der Waals surface area contributed by atoms with Crippen LogP contribution in [0.4, 0.5) is 0 Å². The van der Waals surface area contributed by atoms with Crippen molar-refractivity contribution in [1.82, 2.24) is 29.9 Å². The van der Waals surface area contributed by atoms with Crippen LogP contribution in [0, 0.1) is 0 Å². The van der Waals surface area contributed by atoms with Gasteiger partial charge in [-0.15, -0.1) is 0 Å². The van der Waals surface area contributed by atoms with Crippen LogP contribution in [-0.2, 0) is 0 Å². The molecule has 6 nitrogen and oxygen atoms in total. The van der Waals surface area contributed by atoms with Crippen LogP contribution in [0.15, 0.2) is 182 Å². The zero-order chi connectivity index (χ0) is 35.8. The minimum Gasteiger partial charge on any atom is -0.256 e. The van der Waals surface area contributed by atoms with E-state index < -0.39 is 0 Å². The molecule has 0 unspecified atom stereocenters. The van der Waals surface area contributed by atoms with Gasteiger partial charge in [-0.25, -0.2) is 15.0 Å². The van der Waals surface area contributed by atoms with Gasteiger partial charge in [-0.1, -0.05) is 127 Å². The molecule has 10 aromatic rings. The molecular weight excluding hydrogens is 661 g/mol. The molecule has 10 rings (SSSR count). The normalized spacial score (nSPS) is 11.3. The molecule has 0 radical (unpaired) electrons. The molecule has 54 heavy (non-hydrogen) atoms. The summed E-state index contributed by atoms with van der Waals surface area (Å²) in [6.45, 7) is 0. The molecule has 4 aromatic heterocycles. The Morgan fingerprint density at radius 2 is 0.556 bits per heavy atom. The van der Waals surface area contributed by atoms with Crippen LogP contribution < -0.4 is 0 Å². The number of pyridine rings is 3. The molecule has 6 aromatic carbocycles. The number of fused-ring (bicyclic) bond motifs is 3. The Kier molecular flexibility index (Phi) is 7.69. The van der Waals surface area contributed by atoms with Gasteiger partial charge in [-0.3, -0.25) is 15.0 Å². The smallest absolute Gasteiger partial charge is 0.164 e. The number of hydrogen-bond donors (Lipinski definition) is 0. The van der Waals surface area contributed by atoms with Crippen molar-refractivity contribution in [3.8, 4) is 67.9 Å². The van der Waals surface area contributed by atoms with Crippen LogP contribution in [0.1, 0.15) is 0 Å². The Balaban J connectivity index is 1.14. The van der Waals surface area contributed by atoms with E-state index in [1.807, 2.05) is 110 Å². The second-order valence-corrected chi connectivity index (χ2v) is 13.2. The van der Waals surface area contributed by atoms with Crippen molar-refractivity contribution in [3.63, 3.8) is 0 Å². The van der Waals surface area contributed by atoms with Crippen LogP contribution in [0.25, 0.3) is 100 Å². The first kappa shape index (κ1) is 31.3. The Morgan fingerprint density at radius 3 is 0.889 bits per heavy atom. The lowest BCUT2D eigenvalue weighted by atomic mass is 10.0. The lowest BCUT2D eigenvalue weighted by molar-refractivity contribution is 1.07. The third kappa shape index (κ3) is 5.72. The van der Waals surface area contributed by atoms with E-state index >= 15 is 0 Å². The van der Waals surface area contributed by atoms with E-state index in [2.05, 4.69) is 72.8 Å². The summed E-state index contributed by atoms with van der Waals surface area (Å²) < 4.78 is 0. The molecule has 0 saturated carbocycles. The van der Waals surface area contributed by atoms with Gasteiger partial charge in [0.25, 0.3) is 0 Å². The predicted molar refractivity (Wildman–Crippen MR) is 218 cm³/mol. The Bertz CT molecular complexity index is 2670. The number of hydrogen-bond acceptors (Lipinski definition) is 6. The van der Waals surface area contributed by atoms with Gasteiger partial charge in [-0.05, 0) is 52.6 Å². The van der Waals surface area contributed by atoms with Gasteiger partial charge in [0.2, 0.25) is 0 Å². The van der Waals surface area contributed by atoms with Crippen molar-refractivity contribution in [3.05, 3.63) is 182 Å². The van der Waals surface area contributed by atoms with E-state index in [1.165, 1.54) is 0 Å². The Morgan fingerprint density at radius 1 is 0.259 bits per heavy atom. The minimum atomic E-state index is 0.569. The standard InChI is InChI=1S/C48H30N6/c1-4-19-40-31(10-1)22-25-49-43(40)34-13-7-16-37(28-34)46-52-47(38-17-8-14-35(29-38)44-41-20-5-2-11-32(41)23-26-50-44)54-48(53-46)39-18-9-15-36(30-39)45-42-21-6-3-12-33(42)24-27-51-45/h1-30H. The summed E-state index contributed by atoms with van der Waals surface area (Å²) in [4.78, 5) is 29.8. The first-order valence-electron chi connectivity index (χ1n) is 17.8. The fourth-order valence-corrected chi connectivity index (χ4v) is 7.23. The third-order valence-corrected chi connectivity index (χ3v) is 9.84. The van der Waals surface area contributed by atoms with Gasteiger partial charge in [0.1, 0.15) is 0 Å². The molecule has 0 amide bonds. The zero-order valence-corrected chi connectivity index (χ0v) is 29.0. The molecule has 0 aliphatic carbocycles. The Labute approximate surface area is 311 Å². The van der Waals surface area contributed by atoms with Crippen LogP contribution in [0.2, 0.25) is 0 Å². The maximum absolute atomic E-state index is 5.14. The average Bonchev–Trinajstić information content (AvgIpc) is 3.26. The largest absolute Gasteiger partial charge is 0.256 e. The summed E-state index contributed by atoms with van der Waals surface area (Å²) in [5.74, 6) is 1.71. The second-order valence-electron chi connectivity index (χ2n) is 13.2. The third-order valence-electron chi connectivity index (χ3n) is 9.84. The van der Waals surface area contributed by atoms with Crippen LogP contribution in [-0.4, -0.2) is 29.9 Å². The van der Waals surface area contributed by atoms with Crippen molar-refractivity contribution >= 4 is 32.3 Å². The molecule has 0 bridgehead atoms. The number of rotatable bonds is 6. The van der Waals surface area contributed by atoms with Gasteiger partial charge in [0.15, 0.2) is 17.5 Å². The summed E-state index contributed by atoms with van der Waals surface area (Å²) in [5.41, 5.74) is 8.30. The zero-order valence-electron chi connectivity index (χ0n) is 29.0. The van der Waals surface area contributed by atoms with Gasteiger partial charge in [-0.2, -0.15) is 0 Å². The van der Waals surface area contributed by atoms with E-state index in [-0.39, 0.29) is 0 Å². The quantitative estimate of drug-likeness (QED) is 0.173. The molecule has 0 N–H and O–H groups in total. The van der Waals surface area contributed by atoms with Crippen molar-refractivity contribution < 1.29 is 0 Å². The highest BCUT2D eigenvalue weighted by Crippen LogP contribution is 2.34. The summed E-state index contributed by atoms with van der Waals surface area (Å²) in [6.07, 6.45) is 5.58. The van der Waals surface area contributed by atoms with Crippen molar-refractivity contribution in [2.24, 2.45) is 0 Å². The van der Waals surface area contributed by atoms with Crippen molar-refractivity contribution in [2.45, 2.75) is 0 Å². The summed E-state index contributed by atoms with van der Waals surface area (Å²) in [7, 11) is 0. The van der Waals surface area contributed by atoms with Crippen molar-refractivity contribution in [2.75, 3.05) is 0 Å². The molecule has 0 atom stereocenters. The molecular formula is C48H30N6. The van der Waals surface area contributed by atoms with Gasteiger partial charge in [0.05, 0.1) is 17.1 Å². The highest BCUT2D eigenvalue weighted by atomic mass is 15.0. The fourth-order valence-electron chi connectivity index (χ4n) is 7.23. The molecule has 0 saturated heterocycles. The number of aromatic nitrogens is 6. The summed E-state index contributed by atoms with van der Waals surface area (Å²) in [5, 5.41) is 6.68. The average molecular weight is 691 g/mol. The van der Waals surface area contributed by atoms with E-state index in [0.29, 0.717) is 17.5 Å². The van der Waals surface area contributed by atoms with E-state index in [0.717, 1.165) is 82.8 Å². The van der Waals surface area contributed by atoms with E-state index in [4.69, 9.17) is 29.9 Å². The minimum absolute atomic E-state index is 0.569. The molecule has 0 spiro atoms. The highest BCUT2D eigenvalue weighted by Gasteiger charge is 2.16. The lowest BCUT2D eigenvalue weighted by Gasteiger charge is -2.12. The van der Waals surface area contributed by atoms with E-state index in [1.54, 1.807) is 0 Å². The molecule has 6 heteroatoms. The maximum Gasteiger partial charge on any atom is 0.164 e. The number of benzene rings is 6. The van der Waals surface area contributed by atoms with E-state index in [9.17, 15) is 0 Å². The van der Waals surface area contributed by atoms with Crippen LogP contribution in [0.5, 0.6) is 0 Å². The topological polar surface area (TPSA) is 77.3 Å². The van der Waals surface area contributed by atoms with Crippen molar-refractivity contribution in [1.29, 1.82) is 0 Å². The SMILES string of the molecule is c1cc(-c2nc(-c3cccc(-c4nccc5ccccc45)c3)nc(-c3cccc(-c4nccc5ccccc45)c3)n2)cc(-c2nccc3ccccc23)c1. The Hall–Kier alpha value is -7.44. The van der Waals surface area contributed by atoms with Gasteiger partial charge in [0, 0.05) is 68.1 Å². The number of nitrogens with zero attached hydrogens (tertiary/aromatic N) is 6. The molecule has 4 heterocycles. The monoisotopic (exact) mass is 690 g/mol. The fraction of sp³-hybridized carbons (Fsp3) is 0. The lowest BCUT2D eigenvalue weighted by Crippen LogP contribution is -2.01. The first-order chi connectivity index (χ1) is 26.7. The molecule has 0 aliphatic heterocycles. The van der Waals surface area contributed by atoms with Crippen LogP contribution in [0.3, 0.4) is 0 Å². The predicted octanol–water partition coefficient (Wildman–Crippen LogP) is 11.5. The highest BCUT2D eigenvalue weighted by molar-refractivity contribution is 5.97. The molecule has 252 valence electrons. The molecule has 0 aliphatic rings. The summed E-state index contributed by atoms with van der Waals surface area (Å²) >= 11 is 0. The first-order valence-corrected chi connectivity index (χ1v) is 17.8. The second kappa shape index (κ2) is 13.3. The van der Waals surface area contributed by atoms with Crippen LogP contribution >= 0.6 is 0 Å². The maximum atomic E-state index is 5.14. The summed E-state index contributed by atoms with van der Waals surface area (Å²) in [6, 6.07) is 55.9.